The van der Waals surface area contributed by atoms with Crippen LogP contribution in [-0.2, 0) is 6.42 Å². The van der Waals surface area contributed by atoms with Gasteiger partial charge in [-0.2, -0.15) is 0 Å². The maximum absolute atomic E-state index is 3.43. The summed E-state index contributed by atoms with van der Waals surface area (Å²) in [7, 11) is 0. The fourth-order valence-corrected chi connectivity index (χ4v) is 2.20. The van der Waals surface area contributed by atoms with Crippen molar-refractivity contribution >= 4 is 0 Å². The van der Waals surface area contributed by atoms with Gasteiger partial charge in [0.05, 0.1) is 0 Å². The van der Waals surface area contributed by atoms with Crippen molar-refractivity contribution < 1.29 is 0 Å². The molecule has 0 aliphatic carbocycles. The molecule has 18 heavy (non-hydrogen) atoms. The molecule has 0 spiro atoms. The van der Waals surface area contributed by atoms with Gasteiger partial charge in [0.25, 0.3) is 0 Å². The largest absolute Gasteiger partial charge is 0.316 e. The minimum Gasteiger partial charge on any atom is -0.316 e. The molecule has 0 fully saturated rings. The monoisotopic (exact) mass is 245 g/mol. The molecule has 0 radical (unpaired) electrons. The molecule has 0 heterocycles. The van der Waals surface area contributed by atoms with Gasteiger partial charge in [0.1, 0.15) is 0 Å². The van der Waals surface area contributed by atoms with E-state index in [1.807, 2.05) is 0 Å². The highest BCUT2D eigenvalue weighted by Crippen LogP contribution is 2.17. The quantitative estimate of drug-likeness (QED) is 0.561. The van der Waals surface area contributed by atoms with Crippen LogP contribution in [-0.4, -0.2) is 13.1 Å². The number of rotatable bonds is 7. The molecule has 0 amide bonds. The minimum atomic E-state index is 1.09. The molecule has 1 nitrogen and oxygen atoms in total. The predicted octanol–water partition coefficient (Wildman–Crippen LogP) is 4.18. The fraction of sp³-hybridized carbons (Fsp3) is 0.529. The van der Waals surface area contributed by atoms with Gasteiger partial charge in [-0.1, -0.05) is 36.8 Å². The van der Waals surface area contributed by atoms with Crippen molar-refractivity contribution in [3.63, 3.8) is 0 Å². The van der Waals surface area contributed by atoms with E-state index in [-0.39, 0.29) is 0 Å². The van der Waals surface area contributed by atoms with Crippen molar-refractivity contribution in [3.05, 3.63) is 46.5 Å². The molecule has 0 aliphatic rings. The van der Waals surface area contributed by atoms with E-state index in [1.165, 1.54) is 28.7 Å². The van der Waals surface area contributed by atoms with Gasteiger partial charge in [-0.05, 0) is 69.8 Å². The van der Waals surface area contributed by atoms with Gasteiger partial charge in [0, 0.05) is 0 Å². The number of aryl methyl sites for hydroxylation is 2. The van der Waals surface area contributed by atoms with E-state index in [0.29, 0.717) is 0 Å². The number of hydrogen-bond acceptors (Lipinski definition) is 1. The second-order valence-electron chi connectivity index (χ2n) is 5.14. The Kier molecular flexibility index (Phi) is 6.74. The molecule has 1 rings (SSSR count). The van der Waals surface area contributed by atoms with Crippen molar-refractivity contribution in [2.24, 2.45) is 0 Å². The van der Waals surface area contributed by atoms with E-state index in [4.69, 9.17) is 0 Å². The van der Waals surface area contributed by atoms with Crippen LogP contribution in [0.1, 0.15) is 43.4 Å². The van der Waals surface area contributed by atoms with Crippen LogP contribution in [0.25, 0.3) is 0 Å². The first-order chi connectivity index (χ1) is 8.65. The van der Waals surface area contributed by atoms with Gasteiger partial charge >= 0.3 is 0 Å². The third-order valence-electron chi connectivity index (χ3n) is 3.34. The Balaban J connectivity index is 2.48. The number of allylic oxidation sites excluding steroid dienone is 1. The first-order valence-corrected chi connectivity index (χ1v) is 7.06. The van der Waals surface area contributed by atoms with E-state index >= 15 is 0 Å². The van der Waals surface area contributed by atoms with Crippen LogP contribution in [0.2, 0.25) is 0 Å². The summed E-state index contributed by atoms with van der Waals surface area (Å²) in [5.74, 6) is 0. The molecule has 0 aromatic heterocycles. The third kappa shape index (κ3) is 5.05. The minimum absolute atomic E-state index is 1.09. The van der Waals surface area contributed by atoms with Gasteiger partial charge in [0.2, 0.25) is 0 Å². The van der Waals surface area contributed by atoms with Gasteiger partial charge < -0.3 is 5.32 Å². The Morgan fingerprint density at radius 2 is 1.83 bits per heavy atom. The van der Waals surface area contributed by atoms with Crippen molar-refractivity contribution in [2.45, 2.75) is 47.0 Å². The van der Waals surface area contributed by atoms with Crippen LogP contribution in [0.5, 0.6) is 0 Å². The van der Waals surface area contributed by atoms with Crippen molar-refractivity contribution in [1.82, 2.24) is 5.32 Å². The molecule has 1 heteroatoms. The first-order valence-electron chi connectivity index (χ1n) is 7.06. The highest BCUT2D eigenvalue weighted by molar-refractivity contribution is 5.36. The maximum Gasteiger partial charge on any atom is -0.00142 e. The number of nitrogens with one attached hydrogen (secondary N) is 1. The van der Waals surface area contributed by atoms with Gasteiger partial charge in [0.15, 0.2) is 0 Å². The van der Waals surface area contributed by atoms with Gasteiger partial charge in [-0.25, -0.2) is 0 Å². The topological polar surface area (TPSA) is 12.0 Å². The fourth-order valence-electron chi connectivity index (χ4n) is 2.20. The van der Waals surface area contributed by atoms with Crippen molar-refractivity contribution in [3.8, 4) is 0 Å². The summed E-state index contributed by atoms with van der Waals surface area (Å²) in [6, 6.07) is 6.55. The zero-order chi connectivity index (χ0) is 13.4. The average Bonchev–Trinajstić information content (AvgIpc) is 2.34. The standard InChI is InChI=1S/C17H27N/c1-5-11-18-12-7-8-14(2)13-17-15(3)9-6-10-16(17)4/h6,8-10,18H,5,7,11-13H2,1-4H3/b14-8-. The first kappa shape index (κ1) is 15.0. The summed E-state index contributed by atoms with van der Waals surface area (Å²) in [6.07, 6.45) is 5.81. The van der Waals surface area contributed by atoms with Crippen LogP contribution >= 0.6 is 0 Å². The molecular formula is C17H27N. The lowest BCUT2D eigenvalue weighted by molar-refractivity contribution is 0.677. The number of hydrogen-bond donors (Lipinski definition) is 1. The van der Waals surface area contributed by atoms with Crippen LogP contribution in [0.4, 0.5) is 0 Å². The van der Waals surface area contributed by atoms with Crippen molar-refractivity contribution in [2.75, 3.05) is 13.1 Å². The SMILES string of the molecule is CCCNCC/C=C(/C)Cc1c(C)cccc1C. The molecule has 0 saturated heterocycles. The zero-order valence-corrected chi connectivity index (χ0v) is 12.3. The molecule has 0 saturated carbocycles. The Hall–Kier alpha value is -1.08. The summed E-state index contributed by atoms with van der Waals surface area (Å²) < 4.78 is 0. The van der Waals surface area contributed by atoms with Gasteiger partial charge in [-0.15, -0.1) is 0 Å². The number of benzene rings is 1. The van der Waals surface area contributed by atoms with Crippen LogP contribution in [0, 0.1) is 13.8 Å². The summed E-state index contributed by atoms with van der Waals surface area (Å²) in [5, 5.41) is 3.43. The second-order valence-corrected chi connectivity index (χ2v) is 5.14. The van der Waals surface area contributed by atoms with E-state index in [0.717, 1.165) is 25.9 Å². The predicted molar refractivity (Wildman–Crippen MR) is 81.2 cm³/mol. The average molecular weight is 245 g/mol. The Bertz CT molecular complexity index is 370. The van der Waals surface area contributed by atoms with Crippen LogP contribution in [0.15, 0.2) is 29.8 Å². The summed E-state index contributed by atoms with van der Waals surface area (Å²) >= 11 is 0. The normalized spacial score (nSPS) is 11.9. The molecule has 0 bridgehead atoms. The lowest BCUT2D eigenvalue weighted by Gasteiger charge is -2.10. The second kappa shape index (κ2) is 8.10. The smallest absolute Gasteiger partial charge is 0.00142 e. The Morgan fingerprint density at radius 1 is 1.17 bits per heavy atom. The molecule has 1 N–H and O–H groups in total. The third-order valence-corrected chi connectivity index (χ3v) is 3.34. The highest BCUT2D eigenvalue weighted by atomic mass is 14.8. The molecule has 1 aromatic carbocycles. The zero-order valence-electron chi connectivity index (χ0n) is 12.3. The van der Waals surface area contributed by atoms with E-state index < -0.39 is 0 Å². The Morgan fingerprint density at radius 3 is 2.44 bits per heavy atom. The van der Waals surface area contributed by atoms with Crippen molar-refractivity contribution in [1.29, 1.82) is 0 Å². The lowest BCUT2D eigenvalue weighted by atomic mass is 9.96. The van der Waals surface area contributed by atoms with E-state index in [1.54, 1.807) is 0 Å². The van der Waals surface area contributed by atoms with Crippen LogP contribution < -0.4 is 5.32 Å². The van der Waals surface area contributed by atoms with Crippen LogP contribution in [0.3, 0.4) is 0 Å². The van der Waals surface area contributed by atoms with E-state index in [9.17, 15) is 0 Å². The molecule has 100 valence electrons. The molecular weight excluding hydrogens is 218 g/mol. The Labute approximate surface area is 112 Å². The summed E-state index contributed by atoms with van der Waals surface area (Å²) in [5.41, 5.74) is 5.79. The molecule has 0 aliphatic heterocycles. The maximum atomic E-state index is 3.43. The molecule has 1 aromatic rings. The lowest BCUT2D eigenvalue weighted by Crippen LogP contribution is -2.15. The summed E-state index contributed by atoms with van der Waals surface area (Å²) in [4.78, 5) is 0. The summed E-state index contributed by atoms with van der Waals surface area (Å²) in [6.45, 7) is 11.1. The van der Waals surface area contributed by atoms with Gasteiger partial charge in [-0.3, -0.25) is 0 Å². The van der Waals surface area contributed by atoms with E-state index in [2.05, 4.69) is 57.3 Å². The molecule has 0 unspecified atom stereocenters. The highest BCUT2D eigenvalue weighted by Gasteiger charge is 2.02. The molecule has 0 atom stereocenters.